The van der Waals surface area contributed by atoms with Crippen LogP contribution in [0.25, 0.3) is 0 Å². The average Bonchev–Trinajstić information content (AvgIpc) is 2.42. The summed E-state index contributed by atoms with van der Waals surface area (Å²) in [7, 11) is 0. The van der Waals surface area contributed by atoms with Gasteiger partial charge >= 0.3 is 5.69 Å². The Morgan fingerprint density at radius 3 is 2.48 bits per heavy atom. The molecular weight excluding hydrogens is 308 g/mol. The number of carbonyl (C=O) groups excluding carboxylic acids is 1. The quantitative estimate of drug-likeness (QED) is 0.483. The van der Waals surface area contributed by atoms with Crippen molar-refractivity contribution in [1.82, 2.24) is 0 Å². The summed E-state index contributed by atoms with van der Waals surface area (Å²) in [5, 5.41) is 10.5. The molecule has 5 nitrogen and oxygen atoms in total. The highest BCUT2D eigenvalue weighted by Crippen LogP contribution is 2.31. The summed E-state index contributed by atoms with van der Waals surface area (Å²) in [6, 6.07) is 4.89. The lowest BCUT2D eigenvalue weighted by molar-refractivity contribution is -0.387. The first-order chi connectivity index (χ1) is 9.92. The summed E-state index contributed by atoms with van der Waals surface area (Å²) in [6.07, 6.45) is 0.526. The Labute approximate surface area is 121 Å². The third-order valence-electron chi connectivity index (χ3n) is 2.52. The van der Waals surface area contributed by atoms with Crippen molar-refractivity contribution in [3.8, 4) is 11.5 Å². The van der Waals surface area contributed by atoms with Gasteiger partial charge in [-0.25, -0.2) is 4.39 Å². The van der Waals surface area contributed by atoms with Gasteiger partial charge in [-0.05, 0) is 12.1 Å². The van der Waals surface area contributed by atoms with E-state index < -0.39 is 28.0 Å². The molecule has 0 aliphatic carbocycles. The van der Waals surface area contributed by atoms with Crippen molar-refractivity contribution in [2.45, 2.75) is 0 Å². The summed E-state index contributed by atoms with van der Waals surface area (Å²) in [5.41, 5.74) is -0.784. The minimum Gasteiger partial charge on any atom is -0.454 e. The Hall–Kier alpha value is -2.54. The minimum absolute atomic E-state index is 0.0535. The average molecular weight is 314 g/mol. The van der Waals surface area contributed by atoms with Crippen molar-refractivity contribution >= 4 is 23.6 Å². The minimum atomic E-state index is -1.23. The zero-order chi connectivity index (χ0) is 15.6. The van der Waals surface area contributed by atoms with Crippen LogP contribution in [0.3, 0.4) is 0 Å². The van der Waals surface area contributed by atoms with E-state index in [0.29, 0.717) is 18.4 Å². The molecular formula is C13H6ClF2NO4. The second-order valence-electron chi connectivity index (χ2n) is 3.89. The van der Waals surface area contributed by atoms with Gasteiger partial charge in [0, 0.05) is 17.7 Å². The van der Waals surface area contributed by atoms with Crippen LogP contribution in [0, 0.1) is 21.7 Å². The molecule has 0 heterocycles. The van der Waals surface area contributed by atoms with Gasteiger partial charge in [-0.3, -0.25) is 14.9 Å². The molecule has 0 bridgehead atoms. The van der Waals surface area contributed by atoms with Crippen molar-refractivity contribution in [1.29, 1.82) is 0 Å². The second kappa shape index (κ2) is 5.84. The molecule has 2 aromatic rings. The van der Waals surface area contributed by atoms with Crippen molar-refractivity contribution in [3.05, 3.63) is 62.7 Å². The Bertz CT molecular complexity index is 736. The van der Waals surface area contributed by atoms with Gasteiger partial charge in [0.2, 0.25) is 5.82 Å². The van der Waals surface area contributed by atoms with Crippen LogP contribution in [0.5, 0.6) is 11.5 Å². The SMILES string of the molecule is O=Cc1ccc(Oc2cc(F)c([N+](=O)[O-])cc2F)cc1Cl. The Morgan fingerprint density at radius 2 is 1.90 bits per heavy atom. The van der Waals surface area contributed by atoms with Crippen LogP contribution in [0.15, 0.2) is 30.3 Å². The molecule has 0 aliphatic rings. The molecule has 0 atom stereocenters. The lowest BCUT2D eigenvalue weighted by Gasteiger charge is -2.08. The number of carbonyl (C=O) groups is 1. The Balaban J connectivity index is 2.36. The molecule has 2 rings (SSSR count). The molecule has 0 N–H and O–H groups in total. The van der Waals surface area contributed by atoms with Gasteiger partial charge in [0.25, 0.3) is 0 Å². The third kappa shape index (κ3) is 3.14. The summed E-state index contributed by atoms with van der Waals surface area (Å²) in [5.74, 6) is -2.81. The van der Waals surface area contributed by atoms with Gasteiger partial charge in [0.1, 0.15) is 5.75 Å². The molecule has 0 aromatic heterocycles. The molecule has 21 heavy (non-hydrogen) atoms. The smallest absolute Gasteiger partial charge is 0.307 e. The Morgan fingerprint density at radius 1 is 1.19 bits per heavy atom. The number of hydrogen-bond acceptors (Lipinski definition) is 4. The summed E-state index contributed by atoms with van der Waals surface area (Å²) < 4.78 is 32.1. The molecule has 0 saturated carbocycles. The summed E-state index contributed by atoms with van der Waals surface area (Å²) in [4.78, 5) is 20.0. The highest BCUT2D eigenvalue weighted by molar-refractivity contribution is 6.33. The van der Waals surface area contributed by atoms with Crippen LogP contribution in [0.2, 0.25) is 5.02 Å². The van der Waals surface area contributed by atoms with Crippen molar-refractivity contribution in [3.63, 3.8) is 0 Å². The van der Waals surface area contributed by atoms with Gasteiger partial charge in [-0.1, -0.05) is 11.6 Å². The van der Waals surface area contributed by atoms with E-state index in [4.69, 9.17) is 16.3 Å². The van der Waals surface area contributed by atoms with E-state index in [1.54, 1.807) is 0 Å². The van der Waals surface area contributed by atoms with E-state index in [2.05, 4.69) is 0 Å². The first kappa shape index (κ1) is 14.9. The molecule has 0 unspecified atom stereocenters. The zero-order valence-corrected chi connectivity index (χ0v) is 10.9. The second-order valence-corrected chi connectivity index (χ2v) is 4.30. The third-order valence-corrected chi connectivity index (χ3v) is 2.85. The van der Waals surface area contributed by atoms with E-state index in [1.807, 2.05) is 0 Å². The molecule has 0 spiro atoms. The zero-order valence-electron chi connectivity index (χ0n) is 10.2. The van der Waals surface area contributed by atoms with E-state index in [0.717, 1.165) is 0 Å². The van der Waals surface area contributed by atoms with Gasteiger partial charge in [-0.2, -0.15) is 4.39 Å². The lowest BCUT2D eigenvalue weighted by atomic mass is 10.2. The molecule has 2 aromatic carbocycles. The van der Waals surface area contributed by atoms with Crippen LogP contribution in [-0.2, 0) is 0 Å². The van der Waals surface area contributed by atoms with Crippen LogP contribution in [0.4, 0.5) is 14.5 Å². The molecule has 108 valence electrons. The summed E-state index contributed by atoms with van der Waals surface area (Å²) in [6.45, 7) is 0. The van der Waals surface area contributed by atoms with Crippen molar-refractivity contribution in [2.24, 2.45) is 0 Å². The first-order valence-electron chi connectivity index (χ1n) is 5.48. The van der Waals surface area contributed by atoms with Crippen LogP contribution in [0.1, 0.15) is 10.4 Å². The molecule has 0 aliphatic heterocycles. The molecule has 0 saturated heterocycles. The number of hydrogen-bond donors (Lipinski definition) is 0. The monoisotopic (exact) mass is 313 g/mol. The van der Waals surface area contributed by atoms with Gasteiger partial charge in [0.15, 0.2) is 17.9 Å². The standard InChI is InChI=1S/C13H6ClF2NO4/c14-9-3-8(2-1-7(9)6-18)21-13-5-10(15)12(17(19)20)4-11(13)16/h1-6H. The number of nitrogens with zero attached hydrogens (tertiary/aromatic N) is 1. The maximum Gasteiger partial charge on any atom is 0.307 e. The molecule has 0 fully saturated rings. The highest BCUT2D eigenvalue weighted by Gasteiger charge is 2.19. The van der Waals surface area contributed by atoms with Gasteiger partial charge in [-0.15, -0.1) is 0 Å². The van der Waals surface area contributed by atoms with Gasteiger partial charge in [0.05, 0.1) is 16.0 Å². The lowest BCUT2D eigenvalue weighted by Crippen LogP contribution is -1.96. The topological polar surface area (TPSA) is 69.4 Å². The number of nitro groups is 1. The van der Waals surface area contributed by atoms with Crippen molar-refractivity contribution < 1.29 is 23.2 Å². The van der Waals surface area contributed by atoms with Crippen molar-refractivity contribution in [2.75, 3.05) is 0 Å². The fourth-order valence-electron chi connectivity index (χ4n) is 1.53. The van der Waals surface area contributed by atoms with E-state index in [1.165, 1.54) is 18.2 Å². The van der Waals surface area contributed by atoms with Gasteiger partial charge < -0.3 is 4.74 Å². The normalized spacial score (nSPS) is 10.2. The molecule has 0 radical (unpaired) electrons. The van der Waals surface area contributed by atoms with E-state index in [-0.39, 0.29) is 16.3 Å². The molecule has 8 heteroatoms. The maximum atomic E-state index is 13.6. The predicted octanol–water partition coefficient (Wildman–Crippen LogP) is 4.13. The maximum absolute atomic E-state index is 13.6. The highest BCUT2D eigenvalue weighted by atomic mass is 35.5. The van der Waals surface area contributed by atoms with Crippen LogP contribution >= 0.6 is 11.6 Å². The van der Waals surface area contributed by atoms with Crippen LogP contribution in [-0.4, -0.2) is 11.2 Å². The first-order valence-corrected chi connectivity index (χ1v) is 5.86. The number of rotatable bonds is 4. The predicted molar refractivity (Wildman–Crippen MR) is 69.9 cm³/mol. The number of benzene rings is 2. The number of ether oxygens (including phenoxy) is 1. The van der Waals surface area contributed by atoms with E-state index in [9.17, 15) is 23.7 Å². The largest absolute Gasteiger partial charge is 0.454 e. The number of halogens is 3. The van der Waals surface area contributed by atoms with E-state index >= 15 is 0 Å². The number of aldehydes is 1. The Kier molecular flexibility index (Phi) is 4.13. The fraction of sp³-hybridized carbons (Fsp3) is 0. The van der Waals surface area contributed by atoms with Crippen LogP contribution < -0.4 is 4.74 Å². The molecule has 0 amide bonds. The fourth-order valence-corrected chi connectivity index (χ4v) is 1.75. The number of nitro benzene ring substituents is 1. The summed E-state index contributed by atoms with van der Waals surface area (Å²) >= 11 is 5.77.